The van der Waals surface area contributed by atoms with Crippen molar-refractivity contribution >= 4 is 17.2 Å². The molecule has 3 nitrogen and oxygen atoms in total. The van der Waals surface area contributed by atoms with Gasteiger partial charge >= 0.3 is 0 Å². The zero-order valence-electron chi connectivity index (χ0n) is 8.73. The first-order chi connectivity index (χ1) is 6.65. The lowest BCUT2D eigenvalue weighted by atomic mass is 10.2. The summed E-state index contributed by atoms with van der Waals surface area (Å²) >= 11 is 4.90. The molecule has 4 heteroatoms. The highest BCUT2D eigenvalue weighted by Gasteiger charge is 2.09. The Morgan fingerprint density at radius 3 is 3.00 bits per heavy atom. The van der Waals surface area contributed by atoms with Gasteiger partial charge in [0.2, 0.25) is 0 Å². The number of imidazole rings is 1. The van der Waals surface area contributed by atoms with Gasteiger partial charge in [-0.15, -0.1) is 0 Å². The van der Waals surface area contributed by atoms with Gasteiger partial charge in [-0.05, 0) is 13.3 Å². The summed E-state index contributed by atoms with van der Waals surface area (Å²) < 4.78 is 2.16. The number of hydrogen-bond donors (Lipinski definition) is 1. The molecule has 1 heterocycles. The van der Waals surface area contributed by atoms with Gasteiger partial charge in [0.1, 0.15) is 5.82 Å². The van der Waals surface area contributed by atoms with Crippen LogP contribution in [0.15, 0.2) is 12.4 Å². The highest BCUT2D eigenvalue weighted by molar-refractivity contribution is 7.80. The van der Waals surface area contributed by atoms with Crippen LogP contribution >= 0.6 is 12.2 Å². The molecule has 1 atom stereocenters. The number of thiocarbonyl (C=S) groups is 1. The molecule has 14 heavy (non-hydrogen) atoms. The van der Waals surface area contributed by atoms with Crippen molar-refractivity contribution in [1.82, 2.24) is 9.55 Å². The Morgan fingerprint density at radius 2 is 2.43 bits per heavy atom. The number of rotatable bonds is 5. The summed E-state index contributed by atoms with van der Waals surface area (Å²) in [6.45, 7) is 4.26. The number of hydrogen-bond acceptors (Lipinski definition) is 2. The first-order valence-electron chi connectivity index (χ1n) is 4.95. The van der Waals surface area contributed by atoms with Crippen LogP contribution in [-0.4, -0.2) is 14.5 Å². The third-order valence-electron chi connectivity index (χ3n) is 2.19. The monoisotopic (exact) mass is 211 g/mol. The number of nitrogens with two attached hydrogens (primary N) is 1. The van der Waals surface area contributed by atoms with Crippen LogP contribution in [0.1, 0.15) is 38.6 Å². The van der Waals surface area contributed by atoms with Crippen LogP contribution in [0.2, 0.25) is 0 Å². The van der Waals surface area contributed by atoms with Gasteiger partial charge in [-0.25, -0.2) is 4.98 Å². The van der Waals surface area contributed by atoms with E-state index in [9.17, 15) is 0 Å². The molecule has 0 aliphatic heterocycles. The van der Waals surface area contributed by atoms with Crippen LogP contribution in [0.25, 0.3) is 0 Å². The average molecular weight is 211 g/mol. The first-order valence-corrected chi connectivity index (χ1v) is 5.36. The summed E-state index contributed by atoms with van der Waals surface area (Å²) in [5.41, 5.74) is 5.52. The topological polar surface area (TPSA) is 43.8 Å². The molecule has 1 unspecified atom stereocenters. The molecule has 0 saturated heterocycles. The zero-order chi connectivity index (χ0) is 10.6. The average Bonchev–Trinajstić information content (AvgIpc) is 2.51. The van der Waals surface area contributed by atoms with Gasteiger partial charge in [0, 0.05) is 31.3 Å². The number of nitrogens with zero attached hydrogens (tertiary/aromatic N) is 2. The van der Waals surface area contributed by atoms with Crippen molar-refractivity contribution in [2.24, 2.45) is 5.73 Å². The van der Waals surface area contributed by atoms with E-state index in [-0.39, 0.29) is 0 Å². The first kappa shape index (κ1) is 11.2. The fourth-order valence-corrected chi connectivity index (χ4v) is 1.79. The van der Waals surface area contributed by atoms with E-state index in [1.807, 2.05) is 12.4 Å². The molecular formula is C10H17N3S. The largest absolute Gasteiger partial charge is 0.393 e. The molecule has 0 saturated carbocycles. The minimum atomic E-state index is 0.316. The Kier molecular flexibility index (Phi) is 4.07. The van der Waals surface area contributed by atoms with Crippen molar-refractivity contribution < 1.29 is 0 Å². The molecule has 0 radical (unpaired) electrons. The van der Waals surface area contributed by atoms with E-state index in [0.29, 0.717) is 11.0 Å². The second-order valence-corrected chi connectivity index (χ2v) is 4.04. The molecule has 78 valence electrons. The summed E-state index contributed by atoms with van der Waals surface area (Å²) in [4.78, 5) is 4.88. The normalized spacial score (nSPS) is 12.7. The Labute approximate surface area is 90.3 Å². The SMILES string of the molecule is CCCc1nccn1C(C)CC(N)=S. The predicted molar refractivity (Wildman–Crippen MR) is 62.3 cm³/mol. The van der Waals surface area contributed by atoms with Crippen molar-refractivity contribution in [2.75, 3.05) is 0 Å². The Morgan fingerprint density at radius 1 is 1.71 bits per heavy atom. The van der Waals surface area contributed by atoms with Crippen LogP contribution in [0.3, 0.4) is 0 Å². The summed E-state index contributed by atoms with van der Waals surface area (Å²) in [6.07, 6.45) is 6.68. The van der Waals surface area contributed by atoms with E-state index in [2.05, 4.69) is 23.4 Å². The Balaban J connectivity index is 2.72. The van der Waals surface area contributed by atoms with E-state index in [0.717, 1.165) is 25.1 Å². The van der Waals surface area contributed by atoms with Gasteiger partial charge in [0.25, 0.3) is 0 Å². The molecule has 0 amide bonds. The maximum absolute atomic E-state index is 5.52. The standard InChI is InChI=1S/C10H17N3S/c1-3-4-10-12-5-6-13(10)8(2)7-9(11)14/h5-6,8H,3-4,7H2,1-2H3,(H2,11,14). The maximum atomic E-state index is 5.52. The summed E-state index contributed by atoms with van der Waals surface area (Å²) in [6, 6.07) is 0.316. The molecule has 0 aromatic carbocycles. The molecule has 0 fully saturated rings. The summed E-state index contributed by atoms with van der Waals surface area (Å²) in [5.74, 6) is 1.12. The lowest BCUT2D eigenvalue weighted by Gasteiger charge is -2.15. The van der Waals surface area contributed by atoms with Crippen molar-refractivity contribution in [1.29, 1.82) is 0 Å². The number of aromatic nitrogens is 2. The molecule has 1 aromatic rings. The van der Waals surface area contributed by atoms with E-state index >= 15 is 0 Å². The molecule has 1 rings (SSSR count). The van der Waals surface area contributed by atoms with Crippen LogP contribution in [0.4, 0.5) is 0 Å². The maximum Gasteiger partial charge on any atom is 0.108 e. The lowest BCUT2D eigenvalue weighted by Crippen LogP contribution is -2.17. The minimum absolute atomic E-state index is 0.316. The lowest BCUT2D eigenvalue weighted by molar-refractivity contribution is 0.538. The van der Waals surface area contributed by atoms with Crippen molar-refractivity contribution in [2.45, 2.75) is 39.2 Å². The second-order valence-electron chi connectivity index (χ2n) is 3.52. The summed E-state index contributed by atoms with van der Waals surface area (Å²) in [7, 11) is 0. The number of aryl methyl sites for hydroxylation is 1. The van der Waals surface area contributed by atoms with Crippen LogP contribution in [0, 0.1) is 0 Å². The highest BCUT2D eigenvalue weighted by atomic mass is 32.1. The predicted octanol–water partition coefficient (Wildman–Crippen LogP) is 2.07. The van der Waals surface area contributed by atoms with E-state index in [1.165, 1.54) is 0 Å². The molecule has 2 N–H and O–H groups in total. The minimum Gasteiger partial charge on any atom is -0.393 e. The van der Waals surface area contributed by atoms with Gasteiger partial charge in [-0.2, -0.15) is 0 Å². The van der Waals surface area contributed by atoms with Crippen LogP contribution in [0.5, 0.6) is 0 Å². The van der Waals surface area contributed by atoms with Crippen LogP contribution in [-0.2, 0) is 6.42 Å². The summed E-state index contributed by atoms with van der Waals surface area (Å²) in [5, 5.41) is 0. The fourth-order valence-electron chi connectivity index (χ4n) is 1.55. The zero-order valence-corrected chi connectivity index (χ0v) is 9.55. The van der Waals surface area contributed by atoms with Gasteiger partial charge in [-0.3, -0.25) is 0 Å². The molecule has 1 aromatic heterocycles. The van der Waals surface area contributed by atoms with Crippen molar-refractivity contribution in [3.63, 3.8) is 0 Å². The quantitative estimate of drug-likeness (QED) is 0.758. The molecule has 0 bridgehead atoms. The third-order valence-corrected chi connectivity index (χ3v) is 2.36. The Hall–Kier alpha value is -0.900. The van der Waals surface area contributed by atoms with Gasteiger partial charge < -0.3 is 10.3 Å². The fraction of sp³-hybridized carbons (Fsp3) is 0.600. The van der Waals surface area contributed by atoms with Gasteiger partial charge in [0.05, 0.1) is 4.99 Å². The molecule has 0 aliphatic carbocycles. The Bertz CT molecular complexity index is 306. The van der Waals surface area contributed by atoms with Crippen molar-refractivity contribution in [3.8, 4) is 0 Å². The van der Waals surface area contributed by atoms with Crippen molar-refractivity contribution in [3.05, 3.63) is 18.2 Å². The van der Waals surface area contributed by atoms with Gasteiger partial charge in [-0.1, -0.05) is 19.1 Å². The molecule has 0 spiro atoms. The highest BCUT2D eigenvalue weighted by Crippen LogP contribution is 2.14. The molecule has 0 aliphatic rings. The van der Waals surface area contributed by atoms with E-state index < -0.39 is 0 Å². The van der Waals surface area contributed by atoms with E-state index in [1.54, 1.807) is 0 Å². The second kappa shape index (κ2) is 5.10. The third kappa shape index (κ3) is 2.80. The van der Waals surface area contributed by atoms with E-state index in [4.69, 9.17) is 18.0 Å². The van der Waals surface area contributed by atoms with Gasteiger partial charge in [0.15, 0.2) is 0 Å². The smallest absolute Gasteiger partial charge is 0.108 e. The molecular weight excluding hydrogens is 194 g/mol. The van der Waals surface area contributed by atoms with Crippen LogP contribution < -0.4 is 5.73 Å².